The largest absolute Gasteiger partial charge is 0.508 e. The molecule has 0 aromatic heterocycles. The van der Waals surface area contributed by atoms with Crippen LogP contribution < -0.4 is 11.1 Å². The monoisotopic (exact) mass is 284 g/mol. The average molecular weight is 284 g/mol. The van der Waals surface area contributed by atoms with Gasteiger partial charge in [-0.3, -0.25) is 4.79 Å². The number of nitrogens with two attached hydrogens (primary N) is 1. The molecule has 0 spiro atoms. The van der Waals surface area contributed by atoms with E-state index in [4.69, 9.17) is 5.73 Å². The highest BCUT2D eigenvalue weighted by Gasteiger charge is 2.14. The number of aromatic hydroxyl groups is 1. The van der Waals surface area contributed by atoms with Crippen LogP contribution >= 0.6 is 0 Å². The third-order valence-corrected chi connectivity index (χ3v) is 3.44. The minimum Gasteiger partial charge on any atom is -0.508 e. The van der Waals surface area contributed by atoms with Crippen molar-refractivity contribution in [2.45, 2.75) is 25.9 Å². The van der Waals surface area contributed by atoms with E-state index in [0.29, 0.717) is 13.0 Å². The summed E-state index contributed by atoms with van der Waals surface area (Å²) in [6.45, 7) is 2.49. The molecule has 1 atom stereocenters. The zero-order chi connectivity index (χ0) is 15.2. The first-order chi connectivity index (χ1) is 10.1. The Hall–Kier alpha value is -2.33. The van der Waals surface area contributed by atoms with Crippen molar-refractivity contribution in [2.24, 2.45) is 5.73 Å². The normalized spacial score (nSPS) is 11.9. The second kappa shape index (κ2) is 6.90. The number of carbonyl (C=O) groups excluding carboxylic acids is 1. The fourth-order valence-corrected chi connectivity index (χ4v) is 2.10. The van der Waals surface area contributed by atoms with Gasteiger partial charge in [0.15, 0.2) is 0 Å². The van der Waals surface area contributed by atoms with E-state index in [0.717, 1.165) is 16.7 Å². The van der Waals surface area contributed by atoms with Crippen LogP contribution in [0.5, 0.6) is 5.75 Å². The lowest BCUT2D eigenvalue weighted by atomic mass is 10.1. The number of rotatable bonds is 5. The maximum atomic E-state index is 12.0. The van der Waals surface area contributed by atoms with Crippen LogP contribution in [0.2, 0.25) is 0 Å². The van der Waals surface area contributed by atoms with Crippen LogP contribution in [-0.4, -0.2) is 17.1 Å². The van der Waals surface area contributed by atoms with E-state index >= 15 is 0 Å². The highest BCUT2D eigenvalue weighted by atomic mass is 16.3. The molecule has 4 nitrogen and oxygen atoms in total. The van der Waals surface area contributed by atoms with Crippen LogP contribution in [0.25, 0.3) is 0 Å². The van der Waals surface area contributed by atoms with E-state index in [-0.39, 0.29) is 11.7 Å². The fraction of sp³-hybridized carbons (Fsp3) is 0.235. The molecule has 2 aromatic carbocycles. The summed E-state index contributed by atoms with van der Waals surface area (Å²) < 4.78 is 0. The van der Waals surface area contributed by atoms with Gasteiger partial charge in [-0.25, -0.2) is 0 Å². The van der Waals surface area contributed by atoms with Crippen LogP contribution in [0.3, 0.4) is 0 Å². The molecule has 21 heavy (non-hydrogen) atoms. The summed E-state index contributed by atoms with van der Waals surface area (Å²) in [6.07, 6.45) is 0.444. The Bertz CT molecular complexity index is 608. The number of aryl methyl sites for hydroxylation is 1. The average Bonchev–Trinajstić information content (AvgIpc) is 2.48. The number of phenolic OH excluding ortho intramolecular Hbond substituents is 1. The molecule has 1 amide bonds. The highest BCUT2D eigenvalue weighted by molar-refractivity contribution is 5.81. The molecule has 0 heterocycles. The van der Waals surface area contributed by atoms with E-state index < -0.39 is 6.04 Å². The molecule has 0 aliphatic carbocycles. The first kappa shape index (κ1) is 15.1. The molecule has 0 bridgehead atoms. The van der Waals surface area contributed by atoms with Gasteiger partial charge >= 0.3 is 0 Å². The van der Waals surface area contributed by atoms with Gasteiger partial charge in [0.25, 0.3) is 0 Å². The molecule has 0 radical (unpaired) electrons. The third kappa shape index (κ3) is 4.33. The Labute approximate surface area is 124 Å². The first-order valence-electron chi connectivity index (χ1n) is 6.92. The molecule has 0 unspecified atom stereocenters. The van der Waals surface area contributed by atoms with Gasteiger partial charge in [0, 0.05) is 6.54 Å². The van der Waals surface area contributed by atoms with Gasteiger partial charge in [-0.05, 0) is 42.2 Å². The Morgan fingerprint density at radius 1 is 1.19 bits per heavy atom. The lowest BCUT2D eigenvalue weighted by Gasteiger charge is -2.13. The fourth-order valence-electron chi connectivity index (χ4n) is 2.10. The topological polar surface area (TPSA) is 75.4 Å². The summed E-state index contributed by atoms with van der Waals surface area (Å²) >= 11 is 0. The van der Waals surface area contributed by atoms with E-state index in [1.165, 1.54) is 0 Å². The molecule has 2 rings (SSSR count). The van der Waals surface area contributed by atoms with Gasteiger partial charge in [0.1, 0.15) is 5.75 Å². The van der Waals surface area contributed by atoms with Gasteiger partial charge in [0.05, 0.1) is 6.04 Å². The zero-order valence-electron chi connectivity index (χ0n) is 12.0. The van der Waals surface area contributed by atoms with Crippen molar-refractivity contribution in [3.05, 3.63) is 65.2 Å². The minimum atomic E-state index is -0.599. The predicted octanol–water partition coefficient (Wildman–Crippen LogP) is 1.89. The molecule has 0 saturated carbocycles. The standard InChI is InChI=1S/C17H20N2O2/c1-12-4-2-3-5-14(12)11-19-17(21)16(18)10-13-6-8-15(20)9-7-13/h2-9,16,20H,10-11,18H2,1H3,(H,19,21)/t16-/m0/s1. The van der Waals surface area contributed by atoms with Crippen molar-refractivity contribution in [3.63, 3.8) is 0 Å². The molecule has 4 heteroatoms. The number of benzene rings is 2. The van der Waals surface area contributed by atoms with E-state index in [9.17, 15) is 9.90 Å². The van der Waals surface area contributed by atoms with E-state index in [2.05, 4.69) is 5.32 Å². The Balaban J connectivity index is 1.88. The summed E-state index contributed by atoms with van der Waals surface area (Å²) in [5.74, 6) is 0.0302. The lowest BCUT2D eigenvalue weighted by molar-refractivity contribution is -0.122. The van der Waals surface area contributed by atoms with Gasteiger partial charge in [-0.2, -0.15) is 0 Å². The molecule has 110 valence electrons. The summed E-state index contributed by atoms with van der Waals surface area (Å²) in [5, 5.41) is 12.1. The Morgan fingerprint density at radius 3 is 2.52 bits per heavy atom. The van der Waals surface area contributed by atoms with Gasteiger partial charge in [-0.15, -0.1) is 0 Å². The SMILES string of the molecule is Cc1ccccc1CNC(=O)[C@@H](N)Cc1ccc(O)cc1. The second-order valence-electron chi connectivity index (χ2n) is 5.12. The molecular weight excluding hydrogens is 264 g/mol. The maximum Gasteiger partial charge on any atom is 0.237 e. The van der Waals surface area contributed by atoms with Crippen molar-refractivity contribution in [3.8, 4) is 5.75 Å². The summed E-state index contributed by atoms with van der Waals surface area (Å²) in [5.41, 5.74) is 9.07. The van der Waals surface area contributed by atoms with E-state index in [1.807, 2.05) is 31.2 Å². The molecule has 0 aliphatic heterocycles. The van der Waals surface area contributed by atoms with Crippen molar-refractivity contribution in [2.75, 3.05) is 0 Å². The van der Waals surface area contributed by atoms with Gasteiger partial charge in [-0.1, -0.05) is 36.4 Å². The van der Waals surface area contributed by atoms with Crippen LogP contribution in [0, 0.1) is 6.92 Å². The van der Waals surface area contributed by atoms with Crippen molar-refractivity contribution >= 4 is 5.91 Å². The smallest absolute Gasteiger partial charge is 0.237 e. The van der Waals surface area contributed by atoms with Crippen LogP contribution in [0.15, 0.2) is 48.5 Å². The zero-order valence-corrected chi connectivity index (χ0v) is 12.0. The second-order valence-corrected chi connectivity index (χ2v) is 5.12. The van der Waals surface area contributed by atoms with Crippen LogP contribution in [-0.2, 0) is 17.8 Å². The number of hydrogen-bond acceptors (Lipinski definition) is 3. The maximum absolute atomic E-state index is 12.0. The minimum absolute atomic E-state index is 0.175. The lowest BCUT2D eigenvalue weighted by Crippen LogP contribution is -2.41. The molecule has 2 aromatic rings. The molecular formula is C17H20N2O2. The number of carbonyl (C=O) groups is 1. The van der Waals surface area contributed by atoms with Crippen molar-refractivity contribution in [1.82, 2.24) is 5.32 Å². The highest BCUT2D eigenvalue weighted by Crippen LogP contribution is 2.11. The van der Waals surface area contributed by atoms with Gasteiger partial charge < -0.3 is 16.2 Å². The molecule has 0 saturated heterocycles. The van der Waals surface area contributed by atoms with Gasteiger partial charge in [0.2, 0.25) is 5.91 Å². The molecule has 4 N–H and O–H groups in total. The number of hydrogen-bond donors (Lipinski definition) is 3. The van der Waals surface area contributed by atoms with E-state index in [1.54, 1.807) is 24.3 Å². The quantitative estimate of drug-likeness (QED) is 0.785. The third-order valence-electron chi connectivity index (χ3n) is 3.44. The summed E-state index contributed by atoms with van der Waals surface area (Å²) in [6, 6.07) is 14.0. The Kier molecular flexibility index (Phi) is 4.95. The first-order valence-corrected chi connectivity index (χ1v) is 6.92. The van der Waals surface area contributed by atoms with Crippen LogP contribution in [0.1, 0.15) is 16.7 Å². The summed E-state index contributed by atoms with van der Waals surface area (Å²) in [7, 11) is 0. The van der Waals surface area contributed by atoms with Crippen molar-refractivity contribution in [1.29, 1.82) is 0 Å². The number of amides is 1. The van der Waals surface area contributed by atoms with Crippen molar-refractivity contribution < 1.29 is 9.90 Å². The molecule has 0 fully saturated rings. The number of nitrogens with one attached hydrogen (secondary N) is 1. The molecule has 0 aliphatic rings. The summed E-state index contributed by atoms with van der Waals surface area (Å²) in [4.78, 5) is 12.0. The predicted molar refractivity (Wildman–Crippen MR) is 82.8 cm³/mol. The van der Waals surface area contributed by atoms with Crippen LogP contribution in [0.4, 0.5) is 0 Å². The Morgan fingerprint density at radius 2 is 1.86 bits per heavy atom. The number of phenols is 1.